The number of ketones is 1. The number of methoxy groups -OCH3 is 1. The van der Waals surface area contributed by atoms with Crippen LogP contribution in [-0.2, 0) is 14.3 Å². The first kappa shape index (κ1) is 20.0. The molecule has 0 aromatic heterocycles. The summed E-state index contributed by atoms with van der Waals surface area (Å²) in [5.41, 5.74) is 3.29. The fourth-order valence-electron chi connectivity index (χ4n) is 3.26. The highest BCUT2D eigenvalue weighted by Gasteiger charge is 2.38. The number of nitrogens with zero attached hydrogens (tertiary/aromatic N) is 1. The number of carbonyl (C=O) groups is 2. The summed E-state index contributed by atoms with van der Waals surface area (Å²) in [4.78, 5) is 26.7. The van der Waals surface area contributed by atoms with Gasteiger partial charge in [0, 0.05) is 16.4 Å². The second-order valence-corrected chi connectivity index (χ2v) is 7.19. The molecule has 0 aliphatic carbocycles. The van der Waals surface area contributed by atoms with Crippen LogP contribution in [0.15, 0.2) is 59.8 Å². The quantitative estimate of drug-likeness (QED) is 0.461. The van der Waals surface area contributed by atoms with Crippen LogP contribution >= 0.6 is 23.8 Å². The van der Waals surface area contributed by atoms with Gasteiger partial charge in [-0.2, -0.15) is 0 Å². The maximum atomic E-state index is 12.9. The van der Waals surface area contributed by atoms with Gasteiger partial charge in [-0.25, -0.2) is 4.79 Å². The first-order valence-electron chi connectivity index (χ1n) is 8.60. The number of carbonyl (C=O) groups excluding carboxylic acids is 2. The van der Waals surface area contributed by atoms with Crippen molar-refractivity contribution in [1.82, 2.24) is 5.32 Å². The van der Waals surface area contributed by atoms with Crippen LogP contribution in [0.2, 0.25) is 5.02 Å². The lowest BCUT2D eigenvalue weighted by Gasteiger charge is -2.38. The van der Waals surface area contributed by atoms with E-state index in [1.807, 2.05) is 37.3 Å². The number of thiocarbonyl (C=S) groups is 1. The van der Waals surface area contributed by atoms with E-state index in [9.17, 15) is 9.59 Å². The first-order chi connectivity index (χ1) is 13.3. The molecule has 7 heteroatoms. The number of hydrogen-bond acceptors (Lipinski definition) is 4. The molecule has 2 aromatic carbocycles. The molecule has 3 rings (SSSR count). The lowest BCUT2D eigenvalue weighted by molar-refractivity contribution is -0.150. The summed E-state index contributed by atoms with van der Waals surface area (Å²) in [6.45, 7) is 3.73. The van der Waals surface area contributed by atoms with Crippen LogP contribution in [0.25, 0.3) is 0 Å². The molecule has 0 saturated carbocycles. The maximum absolute atomic E-state index is 12.9. The van der Waals surface area contributed by atoms with Gasteiger partial charge in [-0.05, 0) is 55.4 Å². The van der Waals surface area contributed by atoms with E-state index in [2.05, 4.69) is 10.1 Å². The van der Waals surface area contributed by atoms with Crippen LogP contribution < -0.4 is 10.2 Å². The molecule has 2 aromatic rings. The van der Waals surface area contributed by atoms with Gasteiger partial charge in [0.2, 0.25) is 0 Å². The molecule has 28 heavy (non-hydrogen) atoms. The molecule has 1 heterocycles. The number of nitrogens with one attached hydrogen (secondary N) is 1. The minimum Gasteiger partial charge on any atom is -0.463 e. The van der Waals surface area contributed by atoms with Gasteiger partial charge in [0.1, 0.15) is 0 Å². The van der Waals surface area contributed by atoms with Crippen LogP contribution in [0, 0.1) is 6.92 Å². The summed E-state index contributed by atoms with van der Waals surface area (Å²) in [6, 6.07) is 14.2. The number of halogens is 1. The number of Topliss-reactive ketones (excluding diaryl/α,β-unsaturated/α-hetero) is 1. The van der Waals surface area contributed by atoms with Gasteiger partial charge < -0.3 is 10.1 Å². The largest absolute Gasteiger partial charge is 0.463 e. The molecule has 1 aliphatic rings. The number of anilines is 1. The highest BCUT2D eigenvalue weighted by atomic mass is 35.5. The van der Waals surface area contributed by atoms with E-state index in [-0.39, 0.29) is 5.57 Å². The zero-order valence-electron chi connectivity index (χ0n) is 15.7. The molecule has 0 bridgehead atoms. The Balaban J connectivity index is 2.21. The number of benzene rings is 2. The highest BCUT2D eigenvalue weighted by Crippen LogP contribution is 2.36. The number of ether oxygens (including phenoxy) is 1. The van der Waals surface area contributed by atoms with Crippen molar-refractivity contribution in [3.63, 3.8) is 0 Å². The van der Waals surface area contributed by atoms with E-state index in [1.54, 1.807) is 30.0 Å². The average molecular weight is 415 g/mol. The van der Waals surface area contributed by atoms with Crippen molar-refractivity contribution in [2.45, 2.75) is 19.9 Å². The number of esters is 1. The monoisotopic (exact) mass is 414 g/mol. The summed E-state index contributed by atoms with van der Waals surface area (Å²) in [5.74, 6) is -1.68. The van der Waals surface area contributed by atoms with Gasteiger partial charge in [-0.1, -0.05) is 41.9 Å². The Bertz CT molecular complexity index is 1000. The molecule has 1 N–H and O–H groups in total. The van der Waals surface area contributed by atoms with E-state index in [0.717, 1.165) is 11.3 Å². The van der Waals surface area contributed by atoms with Crippen molar-refractivity contribution in [1.29, 1.82) is 0 Å². The number of hydrogen-bond donors (Lipinski definition) is 1. The SMILES string of the molecule is COC(=O)C(=O)C1=C(C)N(c2cccc(C)c2)C(=S)N[C@H]1c1ccccc1Cl. The van der Waals surface area contributed by atoms with Crippen molar-refractivity contribution in [2.24, 2.45) is 0 Å². The minimum absolute atomic E-state index is 0.245. The topological polar surface area (TPSA) is 58.6 Å². The Morgan fingerprint density at radius 3 is 2.50 bits per heavy atom. The third-order valence-electron chi connectivity index (χ3n) is 4.58. The van der Waals surface area contributed by atoms with E-state index in [4.69, 9.17) is 23.8 Å². The molecule has 1 aliphatic heterocycles. The second-order valence-electron chi connectivity index (χ2n) is 6.40. The molecule has 144 valence electrons. The lowest BCUT2D eigenvalue weighted by atomic mass is 9.91. The van der Waals surface area contributed by atoms with Crippen molar-refractivity contribution < 1.29 is 14.3 Å². The fraction of sp³-hybridized carbons (Fsp3) is 0.190. The van der Waals surface area contributed by atoms with Crippen LogP contribution in [0.4, 0.5) is 5.69 Å². The third-order valence-corrected chi connectivity index (χ3v) is 5.22. The van der Waals surface area contributed by atoms with Crippen LogP contribution in [-0.4, -0.2) is 24.0 Å². The van der Waals surface area contributed by atoms with Gasteiger partial charge >= 0.3 is 5.97 Å². The zero-order chi connectivity index (χ0) is 20.4. The van der Waals surface area contributed by atoms with Gasteiger partial charge in [0.25, 0.3) is 5.78 Å². The zero-order valence-corrected chi connectivity index (χ0v) is 17.2. The van der Waals surface area contributed by atoms with Crippen LogP contribution in [0.5, 0.6) is 0 Å². The number of aryl methyl sites for hydroxylation is 1. The molecular weight excluding hydrogens is 396 g/mol. The standard InChI is InChI=1S/C21H19ClN2O3S/c1-12-7-6-8-14(11-12)24-13(2)17(19(25)20(26)27-3)18(23-21(24)28)15-9-4-5-10-16(15)22/h4-11,18H,1-3H3,(H,23,28)/t18-/m0/s1. The van der Waals surface area contributed by atoms with E-state index in [1.165, 1.54) is 7.11 Å². The van der Waals surface area contributed by atoms with Crippen LogP contribution in [0.3, 0.4) is 0 Å². The van der Waals surface area contributed by atoms with E-state index in [0.29, 0.717) is 21.4 Å². The summed E-state index contributed by atoms with van der Waals surface area (Å²) < 4.78 is 4.68. The Hall–Kier alpha value is -2.70. The van der Waals surface area contributed by atoms with Crippen LogP contribution in [0.1, 0.15) is 24.1 Å². The molecule has 5 nitrogen and oxygen atoms in total. The molecule has 0 fully saturated rings. The van der Waals surface area contributed by atoms with Gasteiger partial charge in [-0.3, -0.25) is 9.69 Å². The average Bonchev–Trinajstić information content (AvgIpc) is 2.67. The smallest absolute Gasteiger partial charge is 0.379 e. The summed E-state index contributed by atoms with van der Waals surface area (Å²) in [5, 5.41) is 4.05. The van der Waals surface area contributed by atoms with Gasteiger partial charge in [0.05, 0.1) is 18.7 Å². The third kappa shape index (κ3) is 3.66. The van der Waals surface area contributed by atoms with Gasteiger partial charge in [-0.15, -0.1) is 0 Å². The van der Waals surface area contributed by atoms with Crippen molar-refractivity contribution in [3.8, 4) is 0 Å². The summed E-state index contributed by atoms with van der Waals surface area (Å²) >= 11 is 12.0. The highest BCUT2D eigenvalue weighted by molar-refractivity contribution is 7.80. The van der Waals surface area contributed by atoms with Gasteiger partial charge in [0.15, 0.2) is 5.11 Å². The second kappa shape index (κ2) is 8.12. The maximum Gasteiger partial charge on any atom is 0.379 e. The molecule has 0 radical (unpaired) electrons. The lowest BCUT2D eigenvalue weighted by Crippen LogP contribution is -2.48. The molecular formula is C21H19ClN2O3S. The Morgan fingerprint density at radius 2 is 1.86 bits per heavy atom. The molecule has 0 amide bonds. The Kier molecular flexibility index (Phi) is 5.82. The molecule has 0 spiro atoms. The normalized spacial score (nSPS) is 16.6. The molecule has 0 unspecified atom stereocenters. The Morgan fingerprint density at radius 1 is 1.14 bits per heavy atom. The van der Waals surface area contributed by atoms with Crippen molar-refractivity contribution in [3.05, 3.63) is 76.0 Å². The van der Waals surface area contributed by atoms with E-state index >= 15 is 0 Å². The molecule has 1 atom stereocenters. The minimum atomic E-state index is -0.940. The number of allylic oxidation sites excluding steroid dienone is 1. The number of rotatable bonds is 4. The van der Waals surface area contributed by atoms with Crippen molar-refractivity contribution in [2.75, 3.05) is 12.0 Å². The fourth-order valence-corrected chi connectivity index (χ4v) is 3.87. The Labute approximate surface area is 173 Å². The first-order valence-corrected chi connectivity index (χ1v) is 9.39. The summed E-state index contributed by atoms with van der Waals surface area (Å²) in [7, 11) is 1.18. The predicted octanol–water partition coefficient (Wildman–Crippen LogP) is 4.10. The van der Waals surface area contributed by atoms with E-state index < -0.39 is 17.8 Å². The van der Waals surface area contributed by atoms with Crippen molar-refractivity contribution >= 4 is 46.4 Å². The predicted molar refractivity (Wildman–Crippen MR) is 113 cm³/mol. The molecule has 0 saturated heterocycles. The summed E-state index contributed by atoms with van der Waals surface area (Å²) in [6.07, 6.45) is 0.